The first-order chi connectivity index (χ1) is 12.4. The van der Waals surface area contributed by atoms with E-state index in [1.54, 1.807) is 30.5 Å². The SMILES string of the molecule is CN=C(NCc1ccc(OC)c(OC(F)F)c1)NCc1nc(C)c(C)s1. The van der Waals surface area contributed by atoms with Gasteiger partial charge in [0.05, 0.1) is 19.3 Å². The number of hydrogen-bond donors (Lipinski definition) is 2. The van der Waals surface area contributed by atoms with Gasteiger partial charge in [0.2, 0.25) is 0 Å². The minimum absolute atomic E-state index is 0.00141. The normalized spacial score (nSPS) is 11.6. The van der Waals surface area contributed by atoms with Crippen molar-refractivity contribution in [1.82, 2.24) is 15.6 Å². The van der Waals surface area contributed by atoms with Gasteiger partial charge in [-0.15, -0.1) is 11.3 Å². The van der Waals surface area contributed by atoms with Crippen molar-refractivity contribution >= 4 is 17.3 Å². The van der Waals surface area contributed by atoms with Crippen LogP contribution >= 0.6 is 11.3 Å². The van der Waals surface area contributed by atoms with Crippen molar-refractivity contribution in [2.45, 2.75) is 33.5 Å². The Kier molecular flexibility index (Phi) is 7.14. The van der Waals surface area contributed by atoms with Crippen LogP contribution in [0.3, 0.4) is 0 Å². The lowest BCUT2D eigenvalue weighted by Gasteiger charge is -2.14. The molecule has 142 valence electrons. The van der Waals surface area contributed by atoms with E-state index < -0.39 is 6.61 Å². The maximum atomic E-state index is 12.5. The molecule has 0 atom stereocenters. The Labute approximate surface area is 155 Å². The van der Waals surface area contributed by atoms with Gasteiger partial charge in [0.1, 0.15) is 5.01 Å². The number of alkyl halides is 2. The zero-order chi connectivity index (χ0) is 19.1. The van der Waals surface area contributed by atoms with E-state index in [2.05, 4.69) is 25.3 Å². The summed E-state index contributed by atoms with van der Waals surface area (Å²) in [5.41, 5.74) is 1.78. The monoisotopic (exact) mass is 384 g/mol. The molecule has 1 aromatic heterocycles. The number of halogens is 2. The van der Waals surface area contributed by atoms with E-state index in [9.17, 15) is 8.78 Å². The maximum absolute atomic E-state index is 12.5. The van der Waals surface area contributed by atoms with Gasteiger partial charge in [0, 0.05) is 18.5 Å². The number of guanidine groups is 1. The highest BCUT2D eigenvalue weighted by Crippen LogP contribution is 2.29. The molecule has 0 spiro atoms. The third-order valence-electron chi connectivity index (χ3n) is 3.61. The van der Waals surface area contributed by atoms with Crippen LogP contribution in [0.2, 0.25) is 0 Å². The molecule has 0 saturated heterocycles. The van der Waals surface area contributed by atoms with Crippen LogP contribution in [-0.2, 0) is 13.1 Å². The van der Waals surface area contributed by atoms with Crippen LogP contribution in [-0.4, -0.2) is 31.7 Å². The van der Waals surface area contributed by atoms with Gasteiger partial charge >= 0.3 is 6.61 Å². The van der Waals surface area contributed by atoms with Crippen molar-refractivity contribution in [3.8, 4) is 11.5 Å². The van der Waals surface area contributed by atoms with Crippen molar-refractivity contribution < 1.29 is 18.3 Å². The number of methoxy groups -OCH3 is 1. The number of nitrogens with zero attached hydrogens (tertiary/aromatic N) is 2. The Balaban J connectivity index is 1.95. The average molecular weight is 384 g/mol. The van der Waals surface area contributed by atoms with Gasteiger partial charge in [-0.3, -0.25) is 4.99 Å². The highest BCUT2D eigenvalue weighted by molar-refractivity contribution is 7.11. The lowest BCUT2D eigenvalue weighted by molar-refractivity contribution is -0.0512. The quantitative estimate of drug-likeness (QED) is 0.567. The molecular formula is C17H22F2N4O2S. The topological polar surface area (TPSA) is 67.8 Å². The van der Waals surface area contributed by atoms with Gasteiger partial charge in [-0.25, -0.2) is 4.98 Å². The number of thiazole rings is 1. The summed E-state index contributed by atoms with van der Waals surface area (Å²) >= 11 is 1.64. The zero-order valence-electron chi connectivity index (χ0n) is 15.1. The Morgan fingerprint density at radius 3 is 2.54 bits per heavy atom. The van der Waals surface area contributed by atoms with Gasteiger partial charge in [0.25, 0.3) is 0 Å². The first-order valence-electron chi connectivity index (χ1n) is 7.92. The van der Waals surface area contributed by atoms with Gasteiger partial charge in [-0.1, -0.05) is 6.07 Å². The second kappa shape index (κ2) is 9.33. The van der Waals surface area contributed by atoms with E-state index in [0.717, 1.165) is 16.3 Å². The Bertz CT molecular complexity index is 746. The summed E-state index contributed by atoms with van der Waals surface area (Å²) in [6.07, 6.45) is 0. The van der Waals surface area contributed by atoms with Crippen molar-refractivity contribution in [2.75, 3.05) is 14.2 Å². The molecule has 0 fully saturated rings. The van der Waals surface area contributed by atoms with Crippen LogP contribution in [0.5, 0.6) is 11.5 Å². The largest absolute Gasteiger partial charge is 0.493 e. The molecule has 0 aliphatic carbocycles. The first kappa shape index (κ1) is 19.9. The molecular weight excluding hydrogens is 362 g/mol. The molecule has 2 rings (SSSR count). The molecule has 0 saturated carbocycles. The molecule has 2 aromatic rings. The van der Waals surface area contributed by atoms with Crippen LogP contribution in [0.1, 0.15) is 21.1 Å². The number of ether oxygens (including phenoxy) is 2. The molecule has 0 unspecified atom stereocenters. The minimum atomic E-state index is -2.91. The van der Waals surface area contributed by atoms with Crippen molar-refractivity contribution in [1.29, 1.82) is 0 Å². The molecule has 0 aliphatic rings. The maximum Gasteiger partial charge on any atom is 0.387 e. The van der Waals surface area contributed by atoms with Gasteiger partial charge in [-0.2, -0.15) is 8.78 Å². The molecule has 1 aromatic carbocycles. The summed E-state index contributed by atoms with van der Waals surface area (Å²) in [6, 6.07) is 4.87. The van der Waals surface area contributed by atoms with E-state index in [1.165, 1.54) is 18.1 Å². The van der Waals surface area contributed by atoms with E-state index in [0.29, 0.717) is 19.0 Å². The first-order valence-corrected chi connectivity index (χ1v) is 8.73. The summed E-state index contributed by atoms with van der Waals surface area (Å²) in [5, 5.41) is 7.28. The van der Waals surface area contributed by atoms with Crippen LogP contribution in [0.25, 0.3) is 0 Å². The third kappa shape index (κ3) is 5.55. The van der Waals surface area contributed by atoms with Crippen LogP contribution in [0, 0.1) is 13.8 Å². The summed E-state index contributed by atoms with van der Waals surface area (Å²) in [7, 11) is 3.06. The molecule has 0 aliphatic heterocycles. The fourth-order valence-corrected chi connectivity index (χ4v) is 3.07. The molecule has 9 heteroatoms. The van der Waals surface area contributed by atoms with E-state index in [4.69, 9.17) is 4.74 Å². The lowest BCUT2D eigenvalue weighted by Crippen LogP contribution is -2.36. The number of aromatic nitrogens is 1. The smallest absolute Gasteiger partial charge is 0.387 e. The lowest BCUT2D eigenvalue weighted by atomic mass is 10.2. The summed E-state index contributed by atoms with van der Waals surface area (Å²) in [6.45, 7) is 2.05. The summed E-state index contributed by atoms with van der Waals surface area (Å²) in [5.74, 6) is 0.840. The van der Waals surface area contributed by atoms with Crippen molar-refractivity contribution in [2.24, 2.45) is 4.99 Å². The van der Waals surface area contributed by atoms with E-state index >= 15 is 0 Å². The minimum Gasteiger partial charge on any atom is -0.493 e. The van der Waals surface area contributed by atoms with Gasteiger partial charge < -0.3 is 20.1 Å². The number of rotatable bonds is 7. The molecule has 0 radical (unpaired) electrons. The molecule has 0 amide bonds. The van der Waals surface area contributed by atoms with Crippen LogP contribution < -0.4 is 20.1 Å². The number of hydrogen-bond acceptors (Lipinski definition) is 5. The van der Waals surface area contributed by atoms with Crippen molar-refractivity contribution in [3.63, 3.8) is 0 Å². The summed E-state index contributed by atoms with van der Waals surface area (Å²) in [4.78, 5) is 9.80. The fraction of sp³-hybridized carbons (Fsp3) is 0.412. The predicted molar refractivity (Wildman–Crippen MR) is 98.3 cm³/mol. The highest BCUT2D eigenvalue weighted by atomic mass is 32.1. The molecule has 0 bridgehead atoms. The number of benzene rings is 1. The summed E-state index contributed by atoms with van der Waals surface area (Å²) < 4.78 is 34.5. The van der Waals surface area contributed by atoms with E-state index in [1.807, 2.05) is 13.8 Å². The molecule has 1 heterocycles. The molecule has 26 heavy (non-hydrogen) atoms. The number of nitrogens with one attached hydrogen (secondary N) is 2. The highest BCUT2D eigenvalue weighted by Gasteiger charge is 2.11. The van der Waals surface area contributed by atoms with Crippen molar-refractivity contribution in [3.05, 3.63) is 39.3 Å². The molecule has 6 nitrogen and oxygen atoms in total. The Morgan fingerprint density at radius 2 is 1.96 bits per heavy atom. The number of aliphatic imine (C=N–C) groups is 1. The van der Waals surface area contributed by atoms with Gasteiger partial charge in [-0.05, 0) is 31.5 Å². The van der Waals surface area contributed by atoms with E-state index in [-0.39, 0.29) is 11.5 Å². The molecule has 2 N–H and O–H groups in total. The standard InChI is InChI=1S/C17H22F2N4O2S/c1-10-11(2)26-15(23-10)9-22-17(20-3)21-8-12-5-6-13(24-4)14(7-12)25-16(18)19/h5-7,16H,8-9H2,1-4H3,(H2,20,21,22). The number of aryl methyl sites for hydroxylation is 2. The van der Waals surface area contributed by atoms with Crippen LogP contribution in [0.4, 0.5) is 8.78 Å². The second-order valence-corrected chi connectivity index (χ2v) is 6.68. The van der Waals surface area contributed by atoms with Crippen LogP contribution in [0.15, 0.2) is 23.2 Å². The average Bonchev–Trinajstić information content (AvgIpc) is 2.92. The fourth-order valence-electron chi connectivity index (χ4n) is 2.20. The predicted octanol–water partition coefficient (Wildman–Crippen LogP) is 3.24. The third-order valence-corrected chi connectivity index (χ3v) is 4.68. The second-order valence-electron chi connectivity index (χ2n) is 5.39. The Morgan fingerprint density at radius 1 is 1.23 bits per heavy atom. The van der Waals surface area contributed by atoms with Gasteiger partial charge in [0.15, 0.2) is 17.5 Å². The zero-order valence-corrected chi connectivity index (χ0v) is 15.9. The Hall–Kier alpha value is -2.42.